The van der Waals surface area contributed by atoms with Crippen LogP contribution in [0, 0.1) is 10.1 Å². The molecule has 0 saturated carbocycles. The molecule has 0 atom stereocenters. The van der Waals surface area contributed by atoms with Crippen molar-refractivity contribution in [1.82, 2.24) is 15.1 Å². The minimum atomic E-state index is -4.15. The fraction of sp³-hybridized carbons (Fsp3) is 0.529. The van der Waals surface area contributed by atoms with Crippen LogP contribution in [0.5, 0.6) is 0 Å². The Morgan fingerprint density at radius 1 is 1.00 bits per heavy atom. The zero-order chi connectivity index (χ0) is 19.8. The van der Waals surface area contributed by atoms with Crippen molar-refractivity contribution in [3.8, 4) is 0 Å². The van der Waals surface area contributed by atoms with E-state index >= 15 is 0 Å². The molecule has 0 bridgehead atoms. The third-order valence-corrected chi connectivity index (χ3v) is 6.03. The summed E-state index contributed by atoms with van der Waals surface area (Å²) in [6.07, 6.45) is 0.910. The van der Waals surface area contributed by atoms with Crippen LogP contribution in [0.4, 0.5) is 0 Å². The number of nitrogens with zero attached hydrogens (tertiary/aromatic N) is 4. The van der Waals surface area contributed by atoms with Crippen molar-refractivity contribution in [2.45, 2.75) is 69.2 Å². The van der Waals surface area contributed by atoms with Gasteiger partial charge in [0.2, 0.25) is 9.84 Å². The van der Waals surface area contributed by atoms with E-state index in [0.717, 1.165) is 17.3 Å². The molecule has 0 unspecified atom stereocenters. The molecular weight excluding hydrogens is 356 g/mol. The van der Waals surface area contributed by atoms with Gasteiger partial charge < -0.3 is 10.1 Å². The fourth-order valence-corrected chi connectivity index (χ4v) is 4.85. The zero-order valence-electron chi connectivity index (χ0n) is 15.8. The molecule has 0 aliphatic carbocycles. The van der Waals surface area contributed by atoms with Crippen LogP contribution in [0.3, 0.4) is 0 Å². The van der Waals surface area contributed by atoms with Gasteiger partial charge in [0.1, 0.15) is 6.20 Å². The van der Waals surface area contributed by atoms with E-state index in [-0.39, 0.29) is 27.4 Å². The van der Waals surface area contributed by atoms with Gasteiger partial charge in [0, 0.05) is 0 Å². The summed E-state index contributed by atoms with van der Waals surface area (Å²) >= 11 is 0. The Morgan fingerprint density at radius 3 is 2.04 bits per heavy atom. The average Bonchev–Trinajstić information content (AvgIpc) is 3.03. The van der Waals surface area contributed by atoms with Crippen molar-refractivity contribution < 1.29 is 13.5 Å². The summed E-state index contributed by atoms with van der Waals surface area (Å²) in [7, 11) is -4.15. The lowest BCUT2D eigenvalue weighted by Crippen LogP contribution is -2.20. The van der Waals surface area contributed by atoms with E-state index in [1.807, 2.05) is 27.7 Å². The summed E-state index contributed by atoms with van der Waals surface area (Å²) in [6, 6.07) is 3.35. The summed E-state index contributed by atoms with van der Waals surface area (Å²) in [5.74, 6) is 0.266. The predicted molar refractivity (Wildman–Crippen MR) is 96.6 cm³/mol. The SMILES string of the molecule is CC(C)c1ccc(S(=O)(=O)c2cnnn2[N+](=O)[O-])c(C(C)C)c1C(C)C. The van der Waals surface area contributed by atoms with Gasteiger partial charge in [-0.1, -0.05) is 47.6 Å². The minimum absolute atomic E-state index is 0.0733. The third-order valence-electron chi connectivity index (χ3n) is 4.28. The molecular formula is C17H24N4O4S. The van der Waals surface area contributed by atoms with Crippen LogP contribution in [0.25, 0.3) is 0 Å². The van der Waals surface area contributed by atoms with Crippen molar-refractivity contribution in [1.29, 1.82) is 0 Å². The molecule has 9 heteroatoms. The normalized spacial score (nSPS) is 12.3. The monoisotopic (exact) mass is 380 g/mol. The molecule has 0 aliphatic heterocycles. The number of benzene rings is 1. The maximum absolute atomic E-state index is 13.2. The average molecular weight is 380 g/mol. The second kappa shape index (κ2) is 7.14. The van der Waals surface area contributed by atoms with E-state index < -0.39 is 19.9 Å². The van der Waals surface area contributed by atoms with Crippen LogP contribution in [0.2, 0.25) is 0 Å². The van der Waals surface area contributed by atoms with E-state index in [1.165, 1.54) is 0 Å². The van der Waals surface area contributed by atoms with Gasteiger partial charge in [-0.25, -0.2) is 8.42 Å². The van der Waals surface area contributed by atoms with Gasteiger partial charge >= 0.3 is 0 Å². The van der Waals surface area contributed by atoms with Crippen LogP contribution in [-0.4, -0.2) is 28.6 Å². The Labute approximate surface area is 153 Å². The second-order valence-electron chi connectivity index (χ2n) is 7.15. The Morgan fingerprint density at radius 2 is 1.58 bits per heavy atom. The largest absolute Gasteiger partial charge is 0.339 e. The van der Waals surface area contributed by atoms with Crippen LogP contribution >= 0.6 is 0 Å². The highest BCUT2D eigenvalue weighted by atomic mass is 32.2. The van der Waals surface area contributed by atoms with Gasteiger partial charge in [0.15, 0.2) is 5.21 Å². The number of nitro groups is 1. The third kappa shape index (κ3) is 3.35. The zero-order valence-corrected chi connectivity index (χ0v) is 16.6. The number of aromatic nitrogens is 3. The van der Waals surface area contributed by atoms with E-state index in [2.05, 4.69) is 24.2 Å². The van der Waals surface area contributed by atoms with E-state index in [1.54, 1.807) is 12.1 Å². The summed E-state index contributed by atoms with van der Waals surface area (Å²) in [6.45, 7) is 12.0. The second-order valence-corrected chi connectivity index (χ2v) is 9.01. The van der Waals surface area contributed by atoms with Gasteiger partial charge in [0.05, 0.1) is 14.7 Å². The first-order chi connectivity index (χ1) is 12.0. The number of rotatable bonds is 6. The topological polar surface area (TPSA) is 108 Å². The smallest absolute Gasteiger partial charge is 0.253 e. The summed E-state index contributed by atoms with van der Waals surface area (Å²) in [5, 5.41) is 16.3. The Hall–Kier alpha value is -2.29. The molecule has 0 radical (unpaired) electrons. The Balaban J connectivity index is 2.87. The molecule has 2 aromatic rings. The van der Waals surface area contributed by atoms with Gasteiger partial charge in [0.25, 0.3) is 5.03 Å². The van der Waals surface area contributed by atoms with Crippen molar-refractivity contribution in [2.24, 2.45) is 0 Å². The first-order valence-corrected chi connectivity index (χ1v) is 9.95. The lowest BCUT2D eigenvalue weighted by molar-refractivity contribution is -0.560. The first kappa shape index (κ1) is 20.0. The van der Waals surface area contributed by atoms with E-state index in [0.29, 0.717) is 5.56 Å². The summed E-state index contributed by atoms with van der Waals surface area (Å²) in [5.41, 5.74) is 2.77. The molecule has 0 fully saturated rings. The molecule has 0 saturated heterocycles. The molecule has 0 aliphatic rings. The molecule has 26 heavy (non-hydrogen) atoms. The standard InChI is InChI=1S/C17H24N4O4S/c1-10(2)13-7-8-14(17(12(5)6)16(13)11(3)4)26(24,25)15-9-18-19-20(15)21(22)23/h7-12H,1-6H3. The summed E-state index contributed by atoms with van der Waals surface area (Å²) < 4.78 is 26.4. The highest BCUT2D eigenvalue weighted by Gasteiger charge is 2.33. The van der Waals surface area contributed by atoms with Crippen molar-refractivity contribution >= 4 is 9.84 Å². The molecule has 1 aromatic carbocycles. The van der Waals surface area contributed by atoms with Gasteiger partial charge in [-0.2, -0.15) is 0 Å². The van der Waals surface area contributed by atoms with Gasteiger partial charge in [-0.05, 0) is 45.6 Å². The molecule has 0 N–H and O–H groups in total. The molecule has 0 amide bonds. The van der Waals surface area contributed by atoms with Crippen molar-refractivity contribution in [3.63, 3.8) is 0 Å². The predicted octanol–water partition coefficient (Wildman–Crippen LogP) is 3.52. The number of sulfone groups is 1. The Kier molecular flexibility index (Phi) is 5.50. The molecule has 1 heterocycles. The van der Waals surface area contributed by atoms with Gasteiger partial charge in [-0.3, -0.25) is 0 Å². The molecule has 0 spiro atoms. The molecule has 1 aromatic heterocycles. The number of hydrogen-bond donors (Lipinski definition) is 0. The van der Waals surface area contributed by atoms with Gasteiger partial charge in [-0.15, -0.1) is 0 Å². The maximum atomic E-state index is 13.2. The highest BCUT2D eigenvalue weighted by molar-refractivity contribution is 7.91. The number of hydrogen-bond acceptors (Lipinski definition) is 6. The quantitative estimate of drug-likeness (QED) is 0.560. The van der Waals surface area contributed by atoms with Crippen LogP contribution in [-0.2, 0) is 9.84 Å². The highest BCUT2D eigenvalue weighted by Crippen LogP contribution is 2.38. The molecule has 142 valence electrons. The minimum Gasteiger partial charge on any atom is -0.339 e. The maximum Gasteiger partial charge on any atom is 0.253 e. The lowest BCUT2D eigenvalue weighted by Gasteiger charge is -2.25. The lowest BCUT2D eigenvalue weighted by atomic mass is 9.83. The van der Waals surface area contributed by atoms with Crippen LogP contribution in [0.1, 0.15) is 76.0 Å². The molecule has 2 rings (SSSR count). The fourth-order valence-electron chi connectivity index (χ4n) is 3.23. The van der Waals surface area contributed by atoms with E-state index in [9.17, 15) is 18.5 Å². The summed E-state index contributed by atoms with van der Waals surface area (Å²) in [4.78, 5) is 11.4. The van der Waals surface area contributed by atoms with Crippen molar-refractivity contribution in [2.75, 3.05) is 0 Å². The van der Waals surface area contributed by atoms with Crippen LogP contribution in [0.15, 0.2) is 28.3 Å². The van der Waals surface area contributed by atoms with E-state index in [4.69, 9.17) is 0 Å². The first-order valence-electron chi connectivity index (χ1n) is 8.47. The molecule has 8 nitrogen and oxygen atoms in total. The Bertz CT molecular complexity index is 930. The van der Waals surface area contributed by atoms with Crippen LogP contribution < -0.4 is 0 Å². The van der Waals surface area contributed by atoms with Crippen molar-refractivity contribution in [3.05, 3.63) is 45.1 Å².